The van der Waals surface area contributed by atoms with Crippen LogP contribution in [0.15, 0.2) is 67.1 Å². The first kappa shape index (κ1) is 17.9. The lowest BCUT2D eigenvalue weighted by Gasteiger charge is -2.36. The van der Waals surface area contributed by atoms with Crippen molar-refractivity contribution in [3.63, 3.8) is 0 Å². The molecule has 0 radical (unpaired) electrons. The average Bonchev–Trinajstić information content (AvgIpc) is 3.19. The van der Waals surface area contributed by atoms with Gasteiger partial charge in [-0.2, -0.15) is 5.10 Å². The van der Waals surface area contributed by atoms with Crippen LogP contribution in [0.1, 0.15) is 5.56 Å². The Bertz CT molecular complexity index is 1120. The second-order valence-corrected chi connectivity index (χ2v) is 7.55. The van der Waals surface area contributed by atoms with Gasteiger partial charge in [0.1, 0.15) is 12.1 Å². The summed E-state index contributed by atoms with van der Waals surface area (Å²) in [5.41, 5.74) is 3.13. The Morgan fingerprint density at radius 3 is 2.34 bits per heavy atom. The second kappa shape index (κ2) is 7.72. The minimum Gasteiger partial charge on any atom is -0.368 e. The Balaban J connectivity index is 1.38. The molecule has 3 heterocycles. The Hall–Kier alpha value is -3.12. The molecule has 0 spiro atoms. The Kier molecular flexibility index (Phi) is 4.77. The topological polar surface area (TPSA) is 50.1 Å². The third-order valence-corrected chi connectivity index (χ3v) is 5.76. The van der Waals surface area contributed by atoms with Gasteiger partial charge < -0.3 is 9.80 Å². The number of piperazine rings is 1. The van der Waals surface area contributed by atoms with E-state index in [1.165, 1.54) is 5.69 Å². The third-order valence-electron chi connectivity index (χ3n) is 5.39. The fourth-order valence-corrected chi connectivity index (χ4v) is 4.05. The number of anilines is 2. The summed E-state index contributed by atoms with van der Waals surface area (Å²) in [4.78, 5) is 13.8. The van der Waals surface area contributed by atoms with E-state index >= 15 is 0 Å². The molecule has 29 heavy (non-hydrogen) atoms. The maximum atomic E-state index is 6.32. The van der Waals surface area contributed by atoms with Crippen LogP contribution in [0.5, 0.6) is 0 Å². The molecule has 146 valence electrons. The van der Waals surface area contributed by atoms with Crippen molar-refractivity contribution in [3.8, 4) is 0 Å². The minimum absolute atomic E-state index is 0.585. The SMILES string of the molecule is Clc1ccccc1Cn1ncc2c(N3CCN(c4ccccc4)CC3)ncnc21. The van der Waals surface area contributed by atoms with Crippen LogP contribution in [-0.2, 0) is 6.54 Å². The van der Waals surface area contributed by atoms with Crippen LogP contribution in [0.4, 0.5) is 11.5 Å². The van der Waals surface area contributed by atoms with Crippen molar-refractivity contribution in [2.75, 3.05) is 36.0 Å². The van der Waals surface area contributed by atoms with Gasteiger partial charge in [-0.05, 0) is 23.8 Å². The normalized spacial score (nSPS) is 14.5. The number of benzene rings is 2. The first-order valence-corrected chi connectivity index (χ1v) is 10.1. The minimum atomic E-state index is 0.585. The van der Waals surface area contributed by atoms with E-state index in [-0.39, 0.29) is 0 Å². The van der Waals surface area contributed by atoms with Gasteiger partial charge in [-0.25, -0.2) is 14.6 Å². The molecule has 0 N–H and O–H groups in total. The molecule has 0 saturated carbocycles. The predicted molar refractivity (Wildman–Crippen MR) is 117 cm³/mol. The Labute approximate surface area is 174 Å². The highest BCUT2D eigenvalue weighted by Crippen LogP contribution is 2.26. The molecule has 5 rings (SSSR count). The average molecular weight is 405 g/mol. The molecule has 1 fully saturated rings. The van der Waals surface area contributed by atoms with E-state index in [0.29, 0.717) is 6.54 Å². The van der Waals surface area contributed by atoms with Gasteiger partial charge in [0.15, 0.2) is 5.65 Å². The number of para-hydroxylation sites is 1. The summed E-state index contributed by atoms with van der Waals surface area (Å²) in [6.45, 7) is 4.33. The fraction of sp³-hybridized carbons (Fsp3) is 0.227. The molecule has 0 atom stereocenters. The summed E-state index contributed by atoms with van der Waals surface area (Å²) in [6, 6.07) is 18.4. The molecule has 2 aromatic carbocycles. The van der Waals surface area contributed by atoms with E-state index in [2.05, 4.69) is 55.2 Å². The smallest absolute Gasteiger partial charge is 0.163 e. The molecule has 4 aromatic rings. The van der Waals surface area contributed by atoms with Gasteiger partial charge >= 0.3 is 0 Å². The van der Waals surface area contributed by atoms with Crippen LogP contribution in [0.25, 0.3) is 11.0 Å². The van der Waals surface area contributed by atoms with E-state index in [1.807, 2.05) is 35.1 Å². The lowest BCUT2D eigenvalue weighted by atomic mass is 10.2. The van der Waals surface area contributed by atoms with Gasteiger partial charge in [0, 0.05) is 36.9 Å². The van der Waals surface area contributed by atoms with E-state index in [4.69, 9.17) is 11.6 Å². The summed E-state index contributed by atoms with van der Waals surface area (Å²) >= 11 is 6.32. The van der Waals surface area contributed by atoms with Gasteiger partial charge in [-0.15, -0.1) is 0 Å². The summed E-state index contributed by atoms with van der Waals surface area (Å²) in [5.74, 6) is 0.952. The molecular formula is C22H21ClN6. The van der Waals surface area contributed by atoms with Crippen LogP contribution < -0.4 is 9.80 Å². The highest BCUT2D eigenvalue weighted by atomic mass is 35.5. The molecule has 0 aliphatic carbocycles. The van der Waals surface area contributed by atoms with E-state index in [0.717, 1.165) is 53.6 Å². The van der Waals surface area contributed by atoms with Gasteiger partial charge in [-0.3, -0.25) is 0 Å². The predicted octanol–water partition coefficient (Wildman–Crippen LogP) is 3.85. The lowest BCUT2D eigenvalue weighted by Crippen LogP contribution is -2.46. The highest BCUT2D eigenvalue weighted by molar-refractivity contribution is 6.31. The fourth-order valence-electron chi connectivity index (χ4n) is 3.85. The third kappa shape index (κ3) is 3.51. The largest absolute Gasteiger partial charge is 0.368 e. The first-order chi connectivity index (χ1) is 14.3. The summed E-state index contributed by atoms with van der Waals surface area (Å²) in [5, 5.41) is 6.29. The van der Waals surface area contributed by atoms with E-state index in [1.54, 1.807) is 6.33 Å². The van der Waals surface area contributed by atoms with E-state index in [9.17, 15) is 0 Å². The molecule has 1 saturated heterocycles. The zero-order valence-corrected chi connectivity index (χ0v) is 16.7. The number of hydrogen-bond donors (Lipinski definition) is 0. The number of fused-ring (bicyclic) bond motifs is 1. The zero-order chi connectivity index (χ0) is 19.6. The van der Waals surface area contributed by atoms with Crippen LogP contribution in [0, 0.1) is 0 Å². The van der Waals surface area contributed by atoms with Crippen molar-refractivity contribution >= 4 is 34.1 Å². The number of hydrogen-bond acceptors (Lipinski definition) is 5. The maximum Gasteiger partial charge on any atom is 0.163 e. The number of nitrogens with zero attached hydrogens (tertiary/aromatic N) is 6. The monoisotopic (exact) mass is 404 g/mol. The molecule has 2 aromatic heterocycles. The van der Waals surface area contributed by atoms with Crippen LogP contribution in [-0.4, -0.2) is 45.9 Å². The molecule has 1 aliphatic rings. The highest BCUT2D eigenvalue weighted by Gasteiger charge is 2.21. The van der Waals surface area contributed by atoms with Gasteiger partial charge in [-0.1, -0.05) is 48.0 Å². The Morgan fingerprint density at radius 2 is 1.55 bits per heavy atom. The van der Waals surface area contributed by atoms with Crippen LogP contribution in [0.2, 0.25) is 5.02 Å². The van der Waals surface area contributed by atoms with Crippen molar-refractivity contribution in [2.45, 2.75) is 6.54 Å². The number of rotatable bonds is 4. The summed E-state index contributed by atoms with van der Waals surface area (Å²) in [7, 11) is 0. The molecule has 0 unspecified atom stereocenters. The summed E-state index contributed by atoms with van der Waals surface area (Å²) < 4.78 is 1.89. The molecule has 0 amide bonds. The van der Waals surface area contributed by atoms with Crippen LogP contribution in [0.3, 0.4) is 0 Å². The zero-order valence-electron chi connectivity index (χ0n) is 15.9. The van der Waals surface area contributed by atoms with Crippen LogP contribution >= 0.6 is 11.6 Å². The van der Waals surface area contributed by atoms with Gasteiger partial charge in [0.2, 0.25) is 0 Å². The van der Waals surface area contributed by atoms with Crippen molar-refractivity contribution in [2.24, 2.45) is 0 Å². The molecule has 7 heteroatoms. The van der Waals surface area contributed by atoms with Gasteiger partial charge in [0.05, 0.1) is 18.1 Å². The standard InChI is InChI=1S/C22H21ClN6/c23-20-9-5-4-6-17(20)15-29-22-19(14-26-29)21(24-16-25-22)28-12-10-27(11-13-28)18-7-2-1-3-8-18/h1-9,14,16H,10-13,15H2. The number of halogens is 1. The summed E-state index contributed by atoms with van der Waals surface area (Å²) in [6.07, 6.45) is 3.50. The van der Waals surface area contributed by atoms with Crippen molar-refractivity contribution in [1.82, 2.24) is 19.7 Å². The lowest BCUT2D eigenvalue weighted by molar-refractivity contribution is 0.648. The number of aromatic nitrogens is 4. The van der Waals surface area contributed by atoms with Crippen molar-refractivity contribution in [3.05, 3.63) is 77.7 Å². The first-order valence-electron chi connectivity index (χ1n) is 9.74. The quantitative estimate of drug-likeness (QED) is 0.517. The maximum absolute atomic E-state index is 6.32. The van der Waals surface area contributed by atoms with Crippen molar-refractivity contribution in [1.29, 1.82) is 0 Å². The van der Waals surface area contributed by atoms with Gasteiger partial charge in [0.25, 0.3) is 0 Å². The molecule has 6 nitrogen and oxygen atoms in total. The second-order valence-electron chi connectivity index (χ2n) is 7.14. The van der Waals surface area contributed by atoms with Crippen molar-refractivity contribution < 1.29 is 0 Å². The van der Waals surface area contributed by atoms with E-state index < -0.39 is 0 Å². The molecule has 1 aliphatic heterocycles. The Morgan fingerprint density at radius 1 is 0.828 bits per heavy atom. The molecule has 0 bridgehead atoms. The molecular weight excluding hydrogens is 384 g/mol.